The van der Waals surface area contributed by atoms with Crippen LogP contribution in [-0.4, -0.2) is 5.97 Å². The topological polar surface area (TPSA) is 26.3 Å². The summed E-state index contributed by atoms with van der Waals surface area (Å²) in [6.07, 6.45) is 1.01. The maximum atomic E-state index is 13.7. The van der Waals surface area contributed by atoms with Gasteiger partial charge in [-0.3, -0.25) is 0 Å². The Labute approximate surface area is 160 Å². The fraction of sp³-hybridized carbons (Fsp3) is 0.435. The number of halogens is 2. The van der Waals surface area contributed by atoms with Gasteiger partial charge < -0.3 is 4.74 Å². The van der Waals surface area contributed by atoms with Crippen LogP contribution in [0.25, 0.3) is 0 Å². The maximum absolute atomic E-state index is 13.7. The van der Waals surface area contributed by atoms with E-state index in [4.69, 9.17) is 4.74 Å². The van der Waals surface area contributed by atoms with Gasteiger partial charge in [-0.25, -0.2) is 13.6 Å². The summed E-state index contributed by atoms with van der Waals surface area (Å²) in [6, 6.07) is 10.5. The summed E-state index contributed by atoms with van der Waals surface area (Å²) in [5, 5.41) is 0. The van der Waals surface area contributed by atoms with Crippen LogP contribution >= 0.6 is 0 Å². The number of hydrogen-bond acceptors (Lipinski definition) is 2. The Morgan fingerprint density at radius 3 is 1.89 bits per heavy atom. The van der Waals surface area contributed by atoms with Crippen LogP contribution in [0.3, 0.4) is 0 Å². The van der Waals surface area contributed by atoms with E-state index in [2.05, 4.69) is 41.5 Å². The van der Waals surface area contributed by atoms with E-state index in [1.165, 1.54) is 6.07 Å². The van der Waals surface area contributed by atoms with Gasteiger partial charge in [0.25, 0.3) is 0 Å². The molecular weight excluding hydrogens is 346 g/mol. The van der Waals surface area contributed by atoms with Crippen LogP contribution in [-0.2, 0) is 0 Å². The third kappa shape index (κ3) is 5.62. The van der Waals surface area contributed by atoms with Crippen LogP contribution in [0.1, 0.15) is 69.8 Å². The first kappa shape index (κ1) is 21.1. The second-order valence-electron chi connectivity index (χ2n) is 9.24. The van der Waals surface area contributed by atoms with Crippen molar-refractivity contribution < 1.29 is 18.3 Å². The van der Waals surface area contributed by atoms with Gasteiger partial charge in [-0.05, 0) is 53.0 Å². The van der Waals surface area contributed by atoms with Crippen molar-refractivity contribution in [2.24, 2.45) is 10.8 Å². The molecule has 2 aromatic carbocycles. The highest BCUT2D eigenvalue weighted by Gasteiger charge is 2.30. The van der Waals surface area contributed by atoms with E-state index in [1.54, 1.807) is 12.1 Å². The van der Waals surface area contributed by atoms with Crippen LogP contribution in [0.4, 0.5) is 8.78 Å². The van der Waals surface area contributed by atoms with E-state index in [0.717, 1.165) is 24.1 Å². The molecule has 0 amide bonds. The molecule has 2 nitrogen and oxygen atoms in total. The van der Waals surface area contributed by atoms with Crippen LogP contribution in [0.5, 0.6) is 5.75 Å². The molecule has 2 aromatic rings. The first-order valence-corrected chi connectivity index (χ1v) is 9.14. The van der Waals surface area contributed by atoms with E-state index >= 15 is 0 Å². The van der Waals surface area contributed by atoms with E-state index in [9.17, 15) is 13.6 Å². The lowest BCUT2D eigenvalue weighted by atomic mass is 9.69. The van der Waals surface area contributed by atoms with Gasteiger partial charge in [-0.2, -0.15) is 0 Å². The van der Waals surface area contributed by atoms with Gasteiger partial charge in [0.2, 0.25) is 0 Å². The van der Waals surface area contributed by atoms with E-state index in [1.807, 2.05) is 12.1 Å². The number of rotatable bonds is 4. The summed E-state index contributed by atoms with van der Waals surface area (Å²) in [5.74, 6) is -2.33. The molecule has 0 N–H and O–H groups in total. The minimum Gasteiger partial charge on any atom is -0.423 e. The van der Waals surface area contributed by atoms with Crippen molar-refractivity contribution >= 4 is 5.97 Å². The highest BCUT2D eigenvalue weighted by Crippen LogP contribution is 2.43. The molecule has 27 heavy (non-hydrogen) atoms. The van der Waals surface area contributed by atoms with E-state index < -0.39 is 23.2 Å². The lowest BCUT2D eigenvalue weighted by molar-refractivity contribution is 0.0724. The Hall–Kier alpha value is -2.23. The smallest absolute Gasteiger partial charge is 0.349 e. The predicted molar refractivity (Wildman–Crippen MR) is 104 cm³/mol. The third-order valence-electron chi connectivity index (χ3n) is 4.52. The summed E-state index contributed by atoms with van der Waals surface area (Å²) < 4.78 is 32.6. The van der Waals surface area contributed by atoms with E-state index in [-0.39, 0.29) is 16.6 Å². The van der Waals surface area contributed by atoms with Crippen molar-refractivity contribution in [3.8, 4) is 5.75 Å². The van der Waals surface area contributed by atoms with Crippen LogP contribution < -0.4 is 4.74 Å². The van der Waals surface area contributed by atoms with Gasteiger partial charge in [0, 0.05) is 0 Å². The SMILES string of the molecule is CC(C)(C)CC(c1ccc(OC(=O)c2c(F)cccc2F)cc1)C(C)(C)C. The van der Waals surface area contributed by atoms with Gasteiger partial charge in [-0.1, -0.05) is 59.7 Å². The summed E-state index contributed by atoms with van der Waals surface area (Å²) in [7, 11) is 0. The highest BCUT2D eigenvalue weighted by molar-refractivity contribution is 5.91. The fourth-order valence-electron chi connectivity index (χ4n) is 3.16. The summed E-state index contributed by atoms with van der Waals surface area (Å²) in [4.78, 5) is 12.1. The molecule has 0 aliphatic heterocycles. The Morgan fingerprint density at radius 2 is 1.44 bits per heavy atom. The van der Waals surface area contributed by atoms with Crippen molar-refractivity contribution in [2.75, 3.05) is 0 Å². The molecule has 0 saturated carbocycles. The molecule has 0 saturated heterocycles. The maximum Gasteiger partial charge on any atom is 0.349 e. The molecule has 0 radical (unpaired) electrons. The monoisotopic (exact) mass is 374 g/mol. The number of carbonyl (C=O) groups is 1. The molecule has 0 aliphatic rings. The number of esters is 1. The first-order valence-electron chi connectivity index (χ1n) is 9.14. The molecule has 4 heteroatoms. The van der Waals surface area contributed by atoms with Gasteiger partial charge in [-0.15, -0.1) is 0 Å². The van der Waals surface area contributed by atoms with Crippen molar-refractivity contribution in [1.29, 1.82) is 0 Å². The van der Waals surface area contributed by atoms with Crippen LogP contribution in [0.2, 0.25) is 0 Å². The molecule has 0 heterocycles. The average molecular weight is 374 g/mol. The quantitative estimate of drug-likeness (QED) is 0.437. The zero-order valence-electron chi connectivity index (χ0n) is 16.9. The Morgan fingerprint density at radius 1 is 0.926 bits per heavy atom. The minimum atomic E-state index is -1.04. The third-order valence-corrected chi connectivity index (χ3v) is 4.52. The van der Waals surface area contributed by atoms with Crippen molar-refractivity contribution in [3.63, 3.8) is 0 Å². The molecule has 1 atom stereocenters. The zero-order valence-corrected chi connectivity index (χ0v) is 16.9. The van der Waals surface area contributed by atoms with Gasteiger partial charge in [0.15, 0.2) is 0 Å². The molecule has 1 unspecified atom stereocenters. The Kier molecular flexibility index (Phi) is 6.08. The van der Waals surface area contributed by atoms with Crippen molar-refractivity contribution in [1.82, 2.24) is 0 Å². The first-order chi connectivity index (χ1) is 12.4. The highest BCUT2D eigenvalue weighted by atomic mass is 19.1. The van der Waals surface area contributed by atoms with Crippen LogP contribution in [0, 0.1) is 22.5 Å². The molecule has 2 rings (SSSR count). The molecule has 0 aliphatic carbocycles. The number of hydrogen-bond donors (Lipinski definition) is 0. The number of carbonyl (C=O) groups excluding carboxylic acids is 1. The summed E-state index contributed by atoms with van der Waals surface area (Å²) in [5.41, 5.74) is 0.712. The molecule has 0 fully saturated rings. The largest absolute Gasteiger partial charge is 0.423 e. The van der Waals surface area contributed by atoms with Gasteiger partial charge in [0.1, 0.15) is 22.9 Å². The van der Waals surface area contributed by atoms with Crippen molar-refractivity contribution in [3.05, 3.63) is 65.2 Å². The lowest BCUT2D eigenvalue weighted by Gasteiger charge is -2.36. The zero-order chi connectivity index (χ0) is 20.4. The van der Waals surface area contributed by atoms with Gasteiger partial charge in [0.05, 0.1) is 0 Å². The fourth-order valence-corrected chi connectivity index (χ4v) is 3.16. The standard InChI is InChI=1S/C23H28F2O2/c1-22(2,3)14-17(23(4,5)6)15-10-12-16(13-11-15)27-21(26)20-18(24)8-7-9-19(20)25/h7-13,17H,14H2,1-6H3. The molecular formula is C23H28F2O2. The summed E-state index contributed by atoms with van der Waals surface area (Å²) >= 11 is 0. The second kappa shape index (κ2) is 7.79. The Balaban J connectivity index is 2.22. The van der Waals surface area contributed by atoms with Gasteiger partial charge >= 0.3 is 5.97 Å². The molecule has 0 spiro atoms. The van der Waals surface area contributed by atoms with E-state index in [0.29, 0.717) is 5.92 Å². The van der Waals surface area contributed by atoms with Crippen LogP contribution in [0.15, 0.2) is 42.5 Å². The van der Waals surface area contributed by atoms with Crippen molar-refractivity contribution in [2.45, 2.75) is 53.9 Å². The molecule has 146 valence electrons. The minimum absolute atomic E-state index is 0.0712. The Bertz CT molecular complexity index is 776. The summed E-state index contributed by atoms with van der Waals surface area (Å²) in [6.45, 7) is 13.3. The predicted octanol–water partition coefficient (Wildman–Crippen LogP) is 6.75. The average Bonchev–Trinajstić information content (AvgIpc) is 2.51. The second-order valence-corrected chi connectivity index (χ2v) is 9.24. The normalized spacial score (nSPS) is 13.3. The molecule has 0 bridgehead atoms. The lowest BCUT2D eigenvalue weighted by Crippen LogP contribution is -2.23. The number of ether oxygens (including phenoxy) is 1. The molecule has 0 aromatic heterocycles. The number of benzene rings is 2.